The molecule has 0 aromatic heterocycles. The zero-order valence-corrected chi connectivity index (χ0v) is 15.7. The number of halogens is 1. The van der Waals surface area contributed by atoms with E-state index >= 15 is 0 Å². The first-order valence-electron chi connectivity index (χ1n) is 8.26. The predicted molar refractivity (Wildman–Crippen MR) is 106 cm³/mol. The van der Waals surface area contributed by atoms with Gasteiger partial charge in [-0.25, -0.2) is 4.99 Å². The quantitative estimate of drug-likeness (QED) is 0.541. The molecule has 0 atom stereocenters. The molecular weight excluding hydrogens is 380 g/mol. The minimum Gasteiger partial charge on any atom is -0.370 e. The van der Waals surface area contributed by atoms with E-state index in [0.29, 0.717) is 0 Å². The van der Waals surface area contributed by atoms with Crippen molar-refractivity contribution in [3.05, 3.63) is 57.6 Å². The highest BCUT2D eigenvalue weighted by Crippen LogP contribution is 2.24. The zero-order valence-electron chi connectivity index (χ0n) is 14.1. The molecule has 0 unspecified atom stereocenters. The number of carbonyl (C=O) groups is 1. The van der Waals surface area contributed by atoms with Crippen LogP contribution in [0, 0.1) is 6.92 Å². The van der Waals surface area contributed by atoms with Crippen LogP contribution in [0.2, 0.25) is 0 Å². The molecule has 1 aliphatic rings. The number of carbonyl (C=O) groups excluding carboxylic acids is 1. The minimum absolute atomic E-state index is 0.0320. The lowest BCUT2D eigenvalue weighted by atomic mass is 10.1. The van der Waals surface area contributed by atoms with Gasteiger partial charge in [0.05, 0.1) is 0 Å². The molecule has 0 heterocycles. The van der Waals surface area contributed by atoms with Crippen molar-refractivity contribution in [2.75, 3.05) is 17.2 Å². The summed E-state index contributed by atoms with van der Waals surface area (Å²) in [7, 11) is 0. The van der Waals surface area contributed by atoms with Gasteiger partial charge in [-0.05, 0) is 67.1 Å². The van der Waals surface area contributed by atoms with Crippen LogP contribution in [0.15, 0.2) is 45.9 Å². The average Bonchev–Trinajstić information content (AvgIpc) is 3.04. The second-order valence-electron chi connectivity index (χ2n) is 6.17. The highest BCUT2D eigenvalue weighted by molar-refractivity contribution is 9.10. The van der Waals surface area contributed by atoms with Gasteiger partial charge in [0, 0.05) is 15.8 Å². The maximum atomic E-state index is 12.1. The van der Waals surface area contributed by atoms with Crippen LogP contribution >= 0.6 is 15.9 Å². The second-order valence-corrected chi connectivity index (χ2v) is 7.09. The molecule has 2 aromatic rings. The maximum Gasteiger partial charge on any atom is 0.246 e. The van der Waals surface area contributed by atoms with Crippen LogP contribution in [0.4, 0.5) is 11.4 Å². The van der Waals surface area contributed by atoms with Crippen LogP contribution in [0.3, 0.4) is 0 Å². The number of hydrogen-bond donors (Lipinski definition) is 3. The van der Waals surface area contributed by atoms with Crippen molar-refractivity contribution < 1.29 is 4.79 Å². The van der Waals surface area contributed by atoms with Gasteiger partial charge in [0.1, 0.15) is 6.54 Å². The molecule has 0 aliphatic heterocycles. The number of hydrogen-bond acceptors (Lipinski definition) is 2. The largest absolute Gasteiger partial charge is 0.370 e. The Morgan fingerprint density at radius 3 is 2.80 bits per heavy atom. The number of aliphatic imine (C=N–C) groups is 1. The topological polar surface area (TPSA) is 79.5 Å². The van der Waals surface area contributed by atoms with Gasteiger partial charge >= 0.3 is 0 Å². The molecule has 130 valence electrons. The third kappa shape index (κ3) is 4.60. The molecule has 1 amide bonds. The fourth-order valence-electron chi connectivity index (χ4n) is 2.91. The number of nitrogens with zero attached hydrogens (tertiary/aromatic N) is 1. The van der Waals surface area contributed by atoms with Crippen molar-refractivity contribution in [1.29, 1.82) is 0 Å². The van der Waals surface area contributed by atoms with Crippen LogP contribution in [0.1, 0.15) is 23.1 Å². The smallest absolute Gasteiger partial charge is 0.246 e. The number of nitrogens with two attached hydrogens (primary N) is 1. The van der Waals surface area contributed by atoms with Crippen molar-refractivity contribution in [1.82, 2.24) is 0 Å². The highest BCUT2D eigenvalue weighted by atomic mass is 79.9. The summed E-state index contributed by atoms with van der Waals surface area (Å²) in [5.74, 6) is 0.0268. The van der Waals surface area contributed by atoms with Crippen LogP contribution in [-0.2, 0) is 17.6 Å². The second kappa shape index (κ2) is 7.70. The number of rotatable bonds is 4. The summed E-state index contributed by atoms with van der Waals surface area (Å²) in [5, 5.41) is 5.90. The van der Waals surface area contributed by atoms with Gasteiger partial charge in [-0.1, -0.05) is 28.1 Å². The molecule has 1 aliphatic carbocycles. The van der Waals surface area contributed by atoms with E-state index < -0.39 is 0 Å². The monoisotopic (exact) mass is 400 g/mol. The van der Waals surface area contributed by atoms with Crippen molar-refractivity contribution in [2.45, 2.75) is 26.2 Å². The molecule has 0 saturated carbocycles. The van der Waals surface area contributed by atoms with Crippen molar-refractivity contribution in [2.24, 2.45) is 10.7 Å². The summed E-state index contributed by atoms with van der Waals surface area (Å²) in [6, 6.07) is 12.0. The summed E-state index contributed by atoms with van der Waals surface area (Å²) in [4.78, 5) is 16.2. The fourth-order valence-corrected chi connectivity index (χ4v) is 3.27. The van der Waals surface area contributed by atoms with Gasteiger partial charge in [-0.2, -0.15) is 0 Å². The molecule has 0 bridgehead atoms. The lowest BCUT2D eigenvalue weighted by Crippen LogP contribution is -2.25. The number of anilines is 2. The highest BCUT2D eigenvalue weighted by Gasteiger charge is 2.11. The van der Waals surface area contributed by atoms with Crippen molar-refractivity contribution >= 4 is 39.2 Å². The van der Waals surface area contributed by atoms with E-state index in [1.807, 2.05) is 31.2 Å². The molecule has 0 fully saturated rings. The van der Waals surface area contributed by atoms with Gasteiger partial charge in [0.2, 0.25) is 5.91 Å². The number of guanidine groups is 1. The maximum absolute atomic E-state index is 12.1. The van der Waals surface area contributed by atoms with E-state index in [-0.39, 0.29) is 18.4 Å². The number of aryl methyl sites for hydroxylation is 3. The predicted octanol–water partition coefficient (Wildman–Crippen LogP) is 3.61. The molecule has 6 heteroatoms. The Hall–Kier alpha value is -2.34. The first-order chi connectivity index (χ1) is 12.0. The summed E-state index contributed by atoms with van der Waals surface area (Å²) in [6.07, 6.45) is 3.46. The zero-order chi connectivity index (χ0) is 17.8. The lowest BCUT2D eigenvalue weighted by molar-refractivity contribution is -0.114. The fraction of sp³-hybridized carbons (Fsp3) is 0.263. The molecule has 4 N–H and O–H groups in total. The Bertz CT molecular complexity index is 832. The standard InChI is InChI=1S/C19H21BrN4O/c1-12-5-7-15(20)10-17(12)24-18(25)11-22-19(21)23-16-8-6-13-3-2-4-14(13)9-16/h5-10H,2-4,11H2,1H3,(H,24,25)(H3,21,22,23). The van der Waals surface area contributed by atoms with Crippen LogP contribution in [0.5, 0.6) is 0 Å². The summed E-state index contributed by atoms with van der Waals surface area (Å²) < 4.78 is 0.912. The third-order valence-electron chi connectivity index (χ3n) is 4.24. The van der Waals surface area contributed by atoms with Crippen LogP contribution in [0.25, 0.3) is 0 Å². The Labute approximate surface area is 155 Å². The van der Waals surface area contributed by atoms with E-state index in [2.05, 4.69) is 43.7 Å². The van der Waals surface area contributed by atoms with Gasteiger partial charge in [0.25, 0.3) is 0 Å². The molecule has 2 aromatic carbocycles. The van der Waals surface area contributed by atoms with E-state index in [0.717, 1.165) is 34.3 Å². The Balaban J connectivity index is 1.57. The Morgan fingerprint density at radius 1 is 1.16 bits per heavy atom. The van der Waals surface area contributed by atoms with E-state index in [4.69, 9.17) is 5.73 Å². The number of nitrogens with one attached hydrogen (secondary N) is 2. The number of fused-ring (bicyclic) bond motifs is 1. The normalized spacial score (nSPS) is 13.4. The van der Waals surface area contributed by atoms with Crippen LogP contribution < -0.4 is 16.4 Å². The van der Waals surface area contributed by atoms with Crippen molar-refractivity contribution in [3.8, 4) is 0 Å². The number of amides is 1. The summed E-state index contributed by atoms with van der Waals surface area (Å²) in [5.41, 5.74) is 11.3. The van der Waals surface area contributed by atoms with Crippen molar-refractivity contribution in [3.63, 3.8) is 0 Å². The van der Waals surface area contributed by atoms with Gasteiger partial charge in [0.15, 0.2) is 5.96 Å². The molecule has 0 spiro atoms. The molecule has 3 rings (SSSR count). The summed E-state index contributed by atoms with van der Waals surface area (Å²) in [6.45, 7) is 1.91. The molecular formula is C19H21BrN4O. The van der Waals surface area contributed by atoms with Gasteiger partial charge < -0.3 is 16.4 Å². The molecule has 0 radical (unpaired) electrons. The average molecular weight is 401 g/mol. The molecule has 25 heavy (non-hydrogen) atoms. The first kappa shape index (κ1) is 17.5. The van der Waals surface area contributed by atoms with Crippen LogP contribution in [-0.4, -0.2) is 18.4 Å². The summed E-state index contributed by atoms with van der Waals surface area (Å²) >= 11 is 3.40. The van der Waals surface area contributed by atoms with Gasteiger partial charge in [-0.3, -0.25) is 4.79 Å². The van der Waals surface area contributed by atoms with E-state index in [9.17, 15) is 4.79 Å². The third-order valence-corrected chi connectivity index (χ3v) is 4.73. The Morgan fingerprint density at radius 2 is 1.96 bits per heavy atom. The molecule has 0 saturated heterocycles. The lowest BCUT2D eigenvalue weighted by Gasteiger charge is -2.09. The van der Waals surface area contributed by atoms with Gasteiger partial charge in [-0.15, -0.1) is 0 Å². The Kier molecular flexibility index (Phi) is 5.38. The van der Waals surface area contributed by atoms with E-state index in [1.54, 1.807) is 0 Å². The minimum atomic E-state index is -0.208. The molecule has 5 nitrogen and oxygen atoms in total. The van der Waals surface area contributed by atoms with E-state index in [1.165, 1.54) is 17.5 Å². The SMILES string of the molecule is Cc1ccc(Br)cc1NC(=O)CN=C(N)Nc1ccc2c(c1)CCC2. The number of benzene rings is 2. The first-order valence-corrected chi connectivity index (χ1v) is 9.05.